The normalized spacial score (nSPS) is 30.2. The van der Waals surface area contributed by atoms with Crippen LogP contribution in [0, 0.1) is 5.92 Å². The second-order valence-electron chi connectivity index (χ2n) is 8.84. The summed E-state index contributed by atoms with van der Waals surface area (Å²) in [4.78, 5) is 41.9. The van der Waals surface area contributed by atoms with Crippen molar-refractivity contribution < 1.29 is 19.5 Å². The van der Waals surface area contributed by atoms with E-state index in [9.17, 15) is 19.5 Å². The third kappa shape index (κ3) is 3.76. The minimum atomic E-state index is -0.692. The van der Waals surface area contributed by atoms with E-state index in [2.05, 4.69) is 10.6 Å². The Labute approximate surface area is 176 Å². The number of hydrogen-bond acceptors (Lipinski definition) is 5. The average Bonchev–Trinajstić information content (AvgIpc) is 2.88. The van der Waals surface area contributed by atoms with Crippen LogP contribution in [-0.4, -0.2) is 70.1 Å². The molecule has 3 heterocycles. The van der Waals surface area contributed by atoms with Crippen LogP contribution in [0.3, 0.4) is 0 Å². The van der Waals surface area contributed by atoms with Gasteiger partial charge >= 0.3 is 0 Å². The number of anilines is 1. The van der Waals surface area contributed by atoms with Crippen molar-refractivity contribution in [1.29, 1.82) is 0 Å². The first-order chi connectivity index (χ1) is 14.3. The fraction of sp³-hybridized carbons (Fsp3) is 0.591. The Hall–Kier alpha value is -2.61. The Morgan fingerprint density at radius 3 is 2.73 bits per heavy atom. The topological polar surface area (TPSA) is 102 Å². The molecule has 162 valence electrons. The van der Waals surface area contributed by atoms with Crippen molar-refractivity contribution in [3.63, 3.8) is 0 Å². The molecule has 8 heteroatoms. The lowest BCUT2D eigenvalue weighted by Crippen LogP contribution is -2.58. The average molecular weight is 415 g/mol. The summed E-state index contributed by atoms with van der Waals surface area (Å²) in [6.07, 6.45) is 1.42. The highest BCUT2D eigenvalue weighted by Gasteiger charge is 2.42. The molecule has 1 spiro atoms. The maximum Gasteiger partial charge on any atom is 0.255 e. The lowest BCUT2D eigenvalue weighted by atomic mass is 9.95. The molecule has 8 nitrogen and oxygen atoms in total. The van der Waals surface area contributed by atoms with E-state index in [1.165, 1.54) is 0 Å². The first-order valence-electron chi connectivity index (χ1n) is 10.8. The van der Waals surface area contributed by atoms with E-state index in [1.54, 1.807) is 22.8 Å². The smallest absolute Gasteiger partial charge is 0.255 e. The molecule has 4 rings (SSSR count). The van der Waals surface area contributed by atoms with Crippen molar-refractivity contribution in [3.8, 4) is 0 Å². The van der Waals surface area contributed by atoms with Gasteiger partial charge in [0.15, 0.2) is 0 Å². The van der Waals surface area contributed by atoms with Crippen LogP contribution in [0.5, 0.6) is 0 Å². The molecule has 4 atom stereocenters. The van der Waals surface area contributed by atoms with Crippen molar-refractivity contribution in [3.05, 3.63) is 29.8 Å². The summed E-state index contributed by atoms with van der Waals surface area (Å²) < 4.78 is 0. The van der Waals surface area contributed by atoms with Gasteiger partial charge in [0.1, 0.15) is 11.7 Å². The Morgan fingerprint density at radius 2 is 1.97 bits per heavy atom. The second-order valence-corrected chi connectivity index (χ2v) is 8.84. The number of aliphatic hydroxyl groups is 1. The summed E-state index contributed by atoms with van der Waals surface area (Å²) in [6, 6.07) is 6.78. The maximum atomic E-state index is 13.1. The SMILES string of the molecule is C[C@@H]1CN(C(=O)[C@H](C)N2CC[C@]3(CCC2=O)NC(=O)c2ccccc2N3)CC[C@H]1O. The van der Waals surface area contributed by atoms with Crippen LogP contribution < -0.4 is 10.6 Å². The Balaban J connectivity index is 1.47. The summed E-state index contributed by atoms with van der Waals surface area (Å²) in [6.45, 7) is 5.11. The van der Waals surface area contributed by atoms with E-state index >= 15 is 0 Å². The monoisotopic (exact) mass is 414 g/mol. The molecule has 1 aromatic rings. The molecule has 0 radical (unpaired) electrons. The highest BCUT2D eigenvalue weighted by molar-refractivity contribution is 6.02. The van der Waals surface area contributed by atoms with Gasteiger partial charge in [-0.2, -0.15) is 0 Å². The molecule has 0 unspecified atom stereocenters. The highest BCUT2D eigenvalue weighted by atomic mass is 16.3. The quantitative estimate of drug-likeness (QED) is 0.674. The molecule has 3 amide bonds. The first kappa shape index (κ1) is 20.7. The number of carbonyl (C=O) groups is 3. The Kier molecular flexibility index (Phi) is 5.44. The van der Waals surface area contributed by atoms with E-state index in [0.29, 0.717) is 44.5 Å². The zero-order valence-corrected chi connectivity index (χ0v) is 17.6. The maximum absolute atomic E-state index is 13.1. The van der Waals surface area contributed by atoms with Gasteiger partial charge in [0.2, 0.25) is 11.8 Å². The number of nitrogens with one attached hydrogen (secondary N) is 2. The minimum absolute atomic E-state index is 0.0275. The van der Waals surface area contributed by atoms with Gasteiger partial charge in [0.25, 0.3) is 5.91 Å². The number of fused-ring (bicyclic) bond motifs is 1. The zero-order valence-electron chi connectivity index (χ0n) is 17.6. The molecule has 0 aromatic heterocycles. The number of amides is 3. The second kappa shape index (κ2) is 7.91. The molecule has 30 heavy (non-hydrogen) atoms. The number of para-hydroxylation sites is 1. The lowest BCUT2D eigenvalue weighted by Gasteiger charge is -2.40. The van der Waals surface area contributed by atoms with Crippen molar-refractivity contribution >= 4 is 23.4 Å². The zero-order chi connectivity index (χ0) is 21.5. The molecule has 1 aromatic carbocycles. The van der Waals surface area contributed by atoms with Gasteiger partial charge in [-0.15, -0.1) is 0 Å². The third-order valence-corrected chi connectivity index (χ3v) is 6.76. The number of carbonyl (C=O) groups excluding carboxylic acids is 3. The van der Waals surface area contributed by atoms with Gasteiger partial charge < -0.3 is 25.5 Å². The van der Waals surface area contributed by atoms with E-state index in [4.69, 9.17) is 0 Å². The molecule has 0 saturated carbocycles. The molecule has 2 fully saturated rings. The summed E-state index contributed by atoms with van der Waals surface area (Å²) in [5, 5.41) is 16.4. The van der Waals surface area contributed by atoms with E-state index in [-0.39, 0.29) is 36.2 Å². The molecule has 0 aliphatic carbocycles. The molecule has 0 bridgehead atoms. The number of aliphatic hydroxyl groups excluding tert-OH is 1. The van der Waals surface area contributed by atoms with Crippen LogP contribution in [0.4, 0.5) is 5.69 Å². The molecule has 2 saturated heterocycles. The summed E-state index contributed by atoms with van der Waals surface area (Å²) in [5.41, 5.74) is 0.676. The van der Waals surface area contributed by atoms with E-state index in [0.717, 1.165) is 5.69 Å². The van der Waals surface area contributed by atoms with Gasteiger partial charge in [0.05, 0.1) is 11.7 Å². The fourth-order valence-electron chi connectivity index (χ4n) is 4.78. The first-order valence-corrected chi connectivity index (χ1v) is 10.8. The van der Waals surface area contributed by atoms with Crippen LogP contribution in [0.15, 0.2) is 24.3 Å². The highest BCUT2D eigenvalue weighted by Crippen LogP contribution is 2.32. The lowest BCUT2D eigenvalue weighted by molar-refractivity contribution is -0.147. The fourth-order valence-corrected chi connectivity index (χ4v) is 4.78. The molecule has 3 N–H and O–H groups in total. The molecule has 3 aliphatic heterocycles. The van der Waals surface area contributed by atoms with Crippen molar-refractivity contribution in [2.45, 2.75) is 57.3 Å². The van der Waals surface area contributed by atoms with Gasteiger partial charge in [-0.1, -0.05) is 19.1 Å². The predicted molar refractivity (Wildman–Crippen MR) is 112 cm³/mol. The van der Waals surface area contributed by atoms with Crippen LogP contribution in [0.1, 0.15) is 49.9 Å². The predicted octanol–water partition coefficient (Wildman–Crippen LogP) is 1.17. The van der Waals surface area contributed by atoms with Crippen molar-refractivity contribution in [2.24, 2.45) is 5.92 Å². The number of piperidine rings is 1. The number of nitrogens with zero attached hydrogens (tertiary/aromatic N) is 2. The van der Waals surface area contributed by atoms with Crippen molar-refractivity contribution in [1.82, 2.24) is 15.1 Å². The van der Waals surface area contributed by atoms with E-state index in [1.807, 2.05) is 25.1 Å². The largest absolute Gasteiger partial charge is 0.393 e. The summed E-state index contributed by atoms with van der Waals surface area (Å²) in [5.74, 6) is -0.272. The van der Waals surface area contributed by atoms with Gasteiger partial charge in [-0.05, 0) is 37.8 Å². The number of rotatable bonds is 2. The molecular formula is C22H30N4O4. The minimum Gasteiger partial charge on any atom is -0.393 e. The third-order valence-electron chi connectivity index (χ3n) is 6.76. The number of benzene rings is 1. The van der Waals surface area contributed by atoms with Crippen LogP contribution in [-0.2, 0) is 9.59 Å². The Morgan fingerprint density at radius 1 is 1.20 bits per heavy atom. The summed E-state index contributed by atoms with van der Waals surface area (Å²) in [7, 11) is 0. The number of hydrogen-bond donors (Lipinski definition) is 3. The van der Waals surface area contributed by atoms with Gasteiger partial charge in [-0.3, -0.25) is 14.4 Å². The molecular weight excluding hydrogens is 384 g/mol. The Bertz CT molecular complexity index is 859. The van der Waals surface area contributed by atoms with Crippen molar-refractivity contribution in [2.75, 3.05) is 25.0 Å². The number of likely N-dealkylation sites (tertiary alicyclic amines) is 2. The van der Waals surface area contributed by atoms with Gasteiger partial charge in [0, 0.05) is 38.2 Å². The van der Waals surface area contributed by atoms with Gasteiger partial charge in [-0.25, -0.2) is 0 Å². The van der Waals surface area contributed by atoms with Crippen LogP contribution in [0.2, 0.25) is 0 Å². The summed E-state index contributed by atoms with van der Waals surface area (Å²) >= 11 is 0. The van der Waals surface area contributed by atoms with Crippen LogP contribution in [0.25, 0.3) is 0 Å². The van der Waals surface area contributed by atoms with E-state index < -0.39 is 11.7 Å². The molecule has 3 aliphatic rings. The standard InChI is InChI=1S/C22H30N4O4/c1-14-13-25(11-8-18(14)27)21(30)15(2)26-12-10-22(9-7-19(26)28)23-17-6-4-3-5-16(17)20(29)24-22/h3-6,14-15,18,23,27H,7-13H2,1-2H3,(H,24,29)/t14-,15+,18-,22+/m1/s1. The van der Waals surface area contributed by atoms with Crippen LogP contribution >= 0.6 is 0 Å².